The Morgan fingerprint density at radius 2 is 2.10 bits per heavy atom. The molecule has 3 rings (SSSR count). The van der Waals surface area contributed by atoms with Crippen LogP contribution in [-0.2, 0) is 0 Å². The van der Waals surface area contributed by atoms with Crippen molar-refractivity contribution < 1.29 is 9.90 Å². The fourth-order valence-electron chi connectivity index (χ4n) is 1.88. The smallest absolute Gasteiger partial charge is 0.358 e. The maximum atomic E-state index is 11.3. The molecule has 0 spiro atoms. The van der Waals surface area contributed by atoms with Crippen molar-refractivity contribution >= 4 is 40.5 Å². The first-order valence-electron chi connectivity index (χ1n) is 5.76. The van der Waals surface area contributed by atoms with Crippen molar-refractivity contribution in [2.45, 2.75) is 0 Å². The lowest BCUT2D eigenvalue weighted by Gasteiger charge is -2.07. The highest BCUT2D eigenvalue weighted by molar-refractivity contribution is 7.13. The van der Waals surface area contributed by atoms with E-state index in [1.165, 1.54) is 16.0 Å². The third-order valence-corrected chi connectivity index (χ3v) is 4.18. The SMILES string of the molecule is O=C(O)c1nnn(-c2ccc(Cl)cc2Cl)c1-c1cccs1. The largest absolute Gasteiger partial charge is 0.476 e. The van der Waals surface area contributed by atoms with Crippen LogP contribution in [0.1, 0.15) is 10.5 Å². The fourth-order valence-corrected chi connectivity index (χ4v) is 3.13. The summed E-state index contributed by atoms with van der Waals surface area (Å²) in [4.78, 5) is 12.1. The molecular weight excluding hydrogens is 333 g/mol. The molecule has 0 unspecified atom stereocenters. The monoisotopic (exact) mass is 339 g/mol. The van der Waals surface area contributed by atoms with E-state index in [2.05, 4.69) is 10.3 Å². The summed E-state index contributed by atoms with van der Waals surface area (Å²) in [7, 11) is 0. The van der Waals surface area contributed by atoms with E-state index in [1.54, 1.807) is 24.3 Å². The van der Waals surface area contributed by atoms with E-state index < -0.39 is 5.97 Å². The Hall–Kier alpha value is -1.89. The second kappa shape index (κ2) is 5.48. The van der Waals surface area contributed by atoms with E-state index in [9.17, 15) is 9.90 Å². The van der Waals surface area contributed by atoms with Crippen molar-refractivity contribution in [2.75, 3.05) is 0 Å². The van der Waals surface area contributed by atoms with Gasteiger partial charge in [0, 0.05) is 5.02 Å². The van der Waals surface area contributed by atoms with Gasteiger partial charge in [0.1, 0.15) is 5.69 Å². The van der Waals surface area contributed by atoms with Crippen molar-refractivity contribution in [3.63, 3.8) is 0 Å². The zero-order valence-electron chi connectivity index (χ0n) is 10.3. The Morgan fingerprint density at radius 1 is 1.29 bits per heavy atom. The highest BCUT2D eigenvalue weighted by Crippen LogP contribution is 2.32. The topological polar surface area (TPSA) is 68.0 Å². The quantitative estimate of drug-likeness (QED) is 0.782. The lowest BCUT2D eigenvalue weighted by molar-refractivity contribution is 0.0691. The lowest BCUT2D eigenvalue weighted by atomic mass is 10.2. The summed E-state index contributed by atoms with van der Waals surface area (Å²) in [5.74, 6) is -1.14. The summed E-state index contributed by atoms with van der Waals surface area (Å²) in [6.07, 6.45) is 0. The van der Waals surface area contributed by atoms with Gasteiger partial charge in [0.2, 0.25) is 0 Å². The zero-order chi connectivity index (χ0) is 15.0. The molecule has 2 aromatic heterocycles. The number of rotatable bonds is 3. The number of hydrogen-bond acceptors (Lipinski definition) is 4. The number of carbonyl (C=O) groups is 1. The predicted octanol–water partition coefficient (Wildman–Crippen LogP) is 4.00. The minimum Gasteiger partial charge on any atom is -0.476 e. The summed E-state index contributed by atoms with van der Waals surface area (Å²) < 4.78 is 1.41. The molecule has 0 amide bonds. The van der Waals surface area contributed by atoms with Gasteiger partial charge in [-0.25, -0.2) is 9.48 Å². The van der Waals surface area contributed by atoms with Crippen LogP contribution in [0.4, 0.5) is 0 Å². The molecule has 0 fully saturated rings. The van der Waals surface area contributed by atoms with Crippen LogP contribution in [0.5, 0.6) is 0 Å². The van der Waals surface area contributed by atoms with Gasteiger partial charge < -0.3 is 5.11 Å². The first-order valence-corrected chi connectivity index (χ1v) is 7.40. The van der Waals surface area contributed by atoms with Gasteiger partial charge in [-0.05, 0) is 29.6 Å². The van der Waals surface area contributed by atoms with Gasteiger partial charge in [0.15, 0.2) is 5.69 Å². The molecule has 0 radical (unpaired) electrons. The Kier molecular flexibility index (Phi) is 3.67. The van der Waals surface area contributed by atoms with Crippen LogP contribution in [0.25, 0.3) is 16.3 Å². The summed E-state index contributed by atoms with van der Waals surface area (Å²) in [6.45, 7) is 0. The number of nitrogens with zero attached hydrogens (tertiary/aromatic N) is 3. The van der Waals surface area contributed by atoms with Crippen LogP contribution >= 0.6 is 34.5 Å². The molecule has 0 saturated carbocycles. The molecule has 1 aromatic carbocycles. The highest BCUT2D eigenvalue weighted by atomic mass is 35.5. The number of thiophene rings is 1. The Balaban J connectivity index is 2.26. The number of aromatic carboxylic acids is 1. The summed E-state index contributed by atoms with van der Waals surface area (Å²) in [5.41, 5.74) is 0.787. The summed E-state index contributed by atoms with van der Waals surface area (Å²) in [6, 6.07) is 8.52. The molecule has 106 valence electrons. The molecule has 3 aromatic rings. The van der Waals surface area contributed by atoms with Gasteiger partial charge in [-0.2, -0.15) is 0 Å². The van der Waals surface area contributed by atoms with Crippen LogP contribution < -0.4 is 0 Å². The van der Waals surface area contributed by atoms with E-state index in [-0.39, 0.29) is 5.69 Å². The fraction of sp³-hybridized carbons (Fsp3) is 0. The molecule has 0 aliphatic carbocycles. The molecule has 2 heterocycles. The van der Waals surface area contributed by atoms with Gasteiger partial charge in [-0.15, -0.1) is 16.4 Å². The van der Waals surface area contributed by atoms with Crippen LogP contribution in [0.15, 0.2) is 35.7 Å². The first kappa shape index (κ1) is 14.1. The van der Waals surface area contributed by atoms with Crippen LogP contribution in [-0.4, -0.2) is 26.1 Å². The molecule has 21 heavy (non-hydrogen) atoms. The third-order valence-electron chi connectivity index (χ3n) is 2.77. The third kappa shape index (κ3) is 2.53. The number of benzene rings is 1. The molecule has 0 aliphatic heterocycles. The van der Waals surface area contributed by atoms with E-state index in [1.807, 2.05) is 11.4 Å². The minimum absolute atomic E-state index is 0.122. The second-order valence-corrected chi connectivity index (χ2v) is 5.87. The summed E-state index contributed by atoms with van der Waals surface area (Å²) in [5, 5.41) is 19.6. The van der Waals surface area contributed by atoms with Crippen LogP contribution in [0, 0.1) is 0 Å². The summed E-state index contributed by atoms with van der Waals surface area (Å²) >= 11 is 13.4. The highest BCUT2D eigenvalue weighted by Gasteiger charge is 2.23. The van der Waals surface area contributed by atoms with Gasteiger partial charge in [0.25, 0.3) is 0 Å². The van der Waals surface area contributed by atoms with E-state index in [0.717, 1.165) is 4.88 Å². The molecular formula is C13H7Cl2N3O2S. The van der Waals surface area contributed by atoms with E-state index >= 15 is 0 Å². The van der Waals surface area contributed by atoms with Gasteiger partial charge in [-0.1, -0.05) is 34.5 Å². The Bertz CT molecular complexity index is 815. The Morgan fingerprint density at radius 3 is 2.71 bits per heavy atom. The first-order chi connectivity index (χ1) is 10.1. The maximum absolute atomic E-state index is 11.3. The second-order valence-electron chi connectivity index (χ2n) is 4.08. The number of carboxylic acids is 1. The van der Waals surface area contributed by atoms with Gasteiger partial charge in [-0.3, -0.25) is 0 Å². The standard InChI is InChI=1S/C13H7Cl2N3O2S/c14-7-3-4-9(8(15)6-7)18-12(10-2-1-5-21-10)11(13(19)20)16-17-18/h1-6H,(H,19,20). The van der Waals surface area contributed by atoms with Gasteiger partial charge >= 0.3 is 5.97 Å². The van der Waals surface area contributed by atoms with Crippen LogP contribution in [0.2, 0.25) is 10.0 Å². The molecule has 0 atom stereocenters. The van der Waals surface area contributed by atoms with Crippen LogP contribution in [0.3, 0.4) is 0 Å². The number of carboxylic acid groups (broad SMARTS) is 1. The minimum atomic E-state index is -1.14. The number of hydrogen-bond donors (Lipinski definition) is 1. The zero-order valence-corrected chi connectivity index (χ0v) is 12.7. The lowest BCUT2D eigenvalue weighted by Crippen LogP contribution is -2.02. The molecule has 8 heteroatoms. The normalized spacial score (nSPS) is 10.8. The van der Waals surface area contributed by atoms with Gasteiger partial charge in [0.05, 0.1) is 15.6 Å². The molecule has 1 N–H and O–H groups in total. The molecule has 0 saturated heterocycles. The van der Waals surface area contributed by atoms with Crippen molar-refractivity contribution in [2.24, 2.45) is 0 Å². The molecule has 0 aliphatic rings. The molecule has 5 nitrogen and oxygen atoms in total. The average Bonchev–Trinajstić information content (AvgIpc) is 3.06. The predicted molar refractivity (Wildman–Crippen MR) is 81.7 cm³/mol. The number of aromatic nitrogens is 3. The Labute approximate surface area is 133 Å². The number of halogens is 2. The van der Waals surface area contributed by atoms with Crippen molar-refractivity contribution in [1.29, 1.82) is 0 Å². The maximum Gasteiger partial charge on any atom is 0.358 e. The van der Waals surface area contributed by atoms with Crippen molar-refractivity contribution in [1.82, 2.24) is 15.0 Å². The van der Waals surface area contributed by atoms with E-state index in [4.69, 9.17) is 23.2 Å². The van der Waals surface area contributed by atoms with E-state index in [0.29, 0.717) is 21.4 Å². The van der Waals surface area contributed by atoms with Crippen molar-refractivity contribution in [3.8, 4) is 16.3 Å². The van der Waals surface area contributed by atoms with Crippen molar-refractivity contribution in [3.05, 3.63) is 51.5 Å². The molecule has 0 bridgehead atoms. The average molecular weight is 340 g/mol.